The second-order valence-electron chi connectivity index (χ2n) is 3.97. The Bertz CT molecular complexity index is 338. The number of nitrogens with one attached hydrogen (secondary N) is 1. The molecule has 1 aromatic carbocycles. The lowest BCUT2D eigenvalue weighted by Crippen LogP contribution is -2.14. The Morgan fingerprint density at radius 1 is 1.36 bits per heavy atom. The molecule has 0 amide bonds. The van der Waals surface area contributed by atoms with Crippen molar-refractivity contribution in [1.29, 1.82) is 0 Å². The molecule has 0 radical (unpaired) electrons. The van der Waals surface area contributed by atoms with E-state index in [1.54, 1.807) is 0 Å². The molecule has 0 spiro atoms. The molecule has 1 heterocycles. The second-order valence-corrected chi connectivity index (χ2v) is 3.97. The molecule has 76 valence electrons. The van der Waals surface area contributed by atoms with Crippen LogP contribution in [0.5, 0.6) is 0 Å². The van der Waals surface area contributed by atoms with Gasteiger partial charge in [-0.15, -0.1) is 0 Å². The van der Waals surface area contributed by atoms with Crippen molar-refractivity contribution < 1.29 is 8.78 Å². The van der Waals surface area contributed by atoms with E-state index >= 15 is 0 Å². The summed E-state index contributed by atoms with van der Waals surface area (Å²) < 4.78 is 26.2. The van der Waals surface area contributed by atoms with Gasteiger partial charge in [0, 0.05) is 11.6 Å². The van der Waals surface area contributed by atoms with E-state index in [4.69, 9.17) is 0 Å². The van der Waals surface area contributed by atoms with Crippen LogP contribution in [0.3, 0.4) is 0 Å². The predicted octanol–water partition coefficient (Wildman–Crippen LogP) is 2.64. The highest BCUT2D eigenvalue weighted by Gasteiger charge is 2.24. The molecule has 2 rings (SSSR count). The highest BCUT2D eigenvalue weighted by Crippen LogP contribution is 2.28. The molecule has 1 fully saturated rings. The summed E-state index contributed by atoms with van der Waals surface area (Å²) in [5.41, 5.74) is 0.453. The van der Waals surface area contributed by atoms with Crippen molar-refractivity contribution in [2.24, 2.45) is 5.92 Å². The quantitative estimate of drug-likeness (QED) is 0.729. The van der Waals surface area contributed by atoms with E-state index in [9.17, 15) is 8.78 Å². The van der Waals surface area contributed by atoms with Gasteiger partial charge in [-0.2, -0.15) is 0 Å². The second kappa shape index (κ2) is 3.65. The molecular weight excluding hydrogens is 184 g/mol. The molecule has 1 aromatic rings. The van der Waals surface area contributed by atoms with Gasteiger partial charge in [-0.1, -0.05) is 6.92 Å². The fraction of sp³-hybridized carbons (Fsp3) is 0.455. The van der Waals surface area contributed by atoms with E-state index in [-0.39, 0.29) is 17.7 Å². The minimum atomic E-state index is -0.372. The van der Waals surface area contributed by atoms with Gasteiger partial charge in [-0.25, -0.2) is 8.78 Å². The highest BCUT2D eigenvalue weighted by molar-refractivity contribution is 5.23. The third-order valence-corrected chi connectivity index (χ3v) is 2.68. The maximum absolute atomic E-state index is 13.3. The monoisotopic (exact) mass is 197 g/mol. The summed E-state index contributed by atoms with van der Waals surface area (Å²) in [6.07, 6.45) is 0.875. The Kier molecular flexibility index (Phi) is 2.50. The molecule has 3 heteroatoms. The molecule has 0 bridgehead atoms. The number of rotatable bonds is 1. The van der Waals surface area contributed by atoms with Crippen LogP contribution in [0.4, 0.5) is 8.78 Å². The fourth-order valence-corrected chi connectivity index (χ4v) is 1.93. The molecule has 1 N–H and O–H groups in total. The molecule has 1 aliphatic heterocycles. The minimum absolute atomic E-state index is 0.0271. The molecule has 14 heavy (non-hydrogen) atoms. The van der Waals surface area contributed by atoms with Crippen molar-refractivity contribution in [3.8, 4) is 0 Å². The molecule has 0 unspecified atom stereocenters. The van der Waals surface area contributed by atoms with Crippen molar-refractivity contribution in [2.45, 2.75) is 19.4 Å². The van der Waals surface area contributed by atoms with Crippen molar-refractivity contribution in [1.82, 2.24) is 5.32 Å². The number of benzene rings is 1. The van der Waals surface area contributed by atoms with Crippen LogP contribution in [0, 0.1) is 17.6 Å². The Morgan fingerprint density at radius 2 is 2.14 bits per heavy atom. The van der Waals surface area contributed by atoms with E-state index in [0.29, 0.717) is 11.5 Å². The number of hydrogen-bond acceptors (Lipinski definition) is 1. The lowest BCUT2D eigenvalue weighted by Gasteiger charge is -2.11. The summed E-state index contributed by atoms with van der Waals surface area (Å²) in [7, 11) is 0. The van der Waals surface area contributed by atoms with E-state index in [1.165, 1.54) is 12.1 Å². The van der Waals surface area contributed by atoms with Gasteiger partial charge in [0.25, 0.3) is 0 Å². The Hall–Kier alpha value is -0.960. The Balaban J connectivity index is 2.27. The third kappa shape index (κ3) is 1.77. The van der Waals surface area contributed by atoms with Crippen LogP contribution in [0.2, 0.25) is 0 Å². The van der Waals surface area contributed by atoms with E-state index < -0.39 is 0 Å². The molecule has 1 aliphatic rings. The first-order valence-electron chi connectivity index (χ1n) is 4.85. The van der Waals surface area contributed by atoms with Gasteiger partial charge in [0.1, 0.15) is 11.6 Å². The summed E-state index contributed by atoms with van der Waals surface area (Å²) in [5.74, 6) is -0.163. The standard InChI is InChI=1S/C11H13F2N/c1-7-4-11(14-6-7)9-5-8(12)2-3-10(9)13/h2-3,5,7,11,14H,4,6H2,1H3/t7-,11+/m1/s1. The molecular formula is C11H13F2N. The SMILES string of the molecule is C[C@H]1CN[C@H](c2cc(F)ccc2F)C1. The number of halogens is 2. The van der Waals surface area contributed by atoms with Crippen molar-refractivity contribution >= 4 is 0 Å². The van der Waals surface area contributed by atoms with Gasteiger partial charge in [0.2, 0.25) is 0 Å². The Morgan fingerprint density at radius 3 is 2.79 bits per heavy atom. The van der Waals surface area contributed by atoms with Gasteiger partial charge in [-0.05, 0) is 37.1 Å². The summed E-state index contributed by atoms with van der Waals surface area (Å²) in [5, 5.41) is 3.18. The predicted molar refractivity (Wildman–Crippen MR) is 50.9 cm³/mol. The minimum Gasteiger partial charge on any atom is -0.310 e. The summed E-state index contributed by atoms with van der Waals surface area (Å²) >= 11 is 0. The highest BCUT2D eigenvalue weighted by atomic mass is 19.1. The smallest absolute Gasteiger partial charge is 0.128 e. The van der Waals surface area contributed by atoms with Gasteiger partial charge >= 0.3 is 0 Å². The zero-order valence-corrected chi connectivity index (χ0v) is 8.06. The van der Waals surface area contributed by atoms with Crippen molar-refractivity contribution in [3.63, 3.8) is 0 Å². The summed E-state index contributed by atoms with van der Waals surface area (Å²) in [6.45, 7) is 2.98. The maximum Gasteiger partial charge on any atom is 0.128 e. The molecule has 0 aromatic heterocycles. The topological polar surface area (TPSA) is 12.0 Å². The van der Waals surface area contributed by atoms with Crippen molar-refractivity contribution in [3.05, 3.63) is 35.4 Å². The molecule has 2 atom stereocenters. The van der Waals surface area contributed by atoms with E-state index in [0.717, 1.165) is 19.0 Å². The number of hydrogen-bond donors (Lipinski definition) is 1. The van der Waals surface area contributed by atoms with Gasteiger partial charge < -0.3 is 5.32 Å². The summed E-state index contributed by atoms with van der Waals surface area (Å²) in [6, 6.07) is 3.60. The van der Waals surface area contributed by atoms with Gasteiger partial charge in [-0.3, -0.25) is 0 Å². The lowest BCUT2D eigenvalue weighted by atomic mass is 10.0. The van der Waals surface area contributed by atoms with Crippen LogP contribution in [0.25, 0.3) is 0 Å². The van der Waals surface area contributed by atoms with Crippen molar-refractivity contribution in [2.75, 3.05) is 6.54 Å². The van der Waals surface area contributed by atoms with E-state index in [1.807, 2.05) is 0 Å². The average Bonchev–Trinajstić information content (AvgIpc) is 2.56. The Labute approximate surface area is 82.1 Å². The van der Waals surface area contributed by atoms with Crippen LogP contribution in [-0.2, 0) is 0 Å². The third-order valence-electron chi connectivity index (χ3n) is 2.68. The lowest BCUT2D eigenvalue weighted by molar-refractivity contribution is 0.536. The normalized spacial score (nSPS) is 26.8. The zero-order valence-electron chi connectivity index (χ0n) is 8.06. The molecule has 0 aliphatic carbocycles. The first-order valence-corrected chi connectivity index (χ1v) is 4.85. The zero-order chi connectivity index (χ0) is 10.1. The maximum atomic E-state index is 13.3. The fourth-order valence-electron chi connectivity index (χ4n) is 1.93. The van der Waals surface area contributed by atoms with Crippen LogP contribution < -0.4 is 5.32 Å². The first kappa shape index (κ1) is 9.59. The van der Waals surface area contributed by atoms with Crippen LogP contribution in [-0.4, -0.2) is 6.54 Å². The van der Waals surface area contributed by atoms with Crippen LogP contribution in [0.15, 0.2) is 18.2 Å². The first-order chi connectivity index (χ1) is 6.66. The van der Waals surface area contributed by atoms with Gasteiger partial charge in [0.05, 0.1) is 0 Å². The molecule has 1 saturated heterocycles. The van der Waals surface area contributed by atoms with Crippen LogP contribution in [0.1, 0.15) is 24.9 Å². The van der Waals surface area contributed by atoms with Gasteiger partial charge in [0.15, 0.2) is 0 Å². The molecule has 0 saturated carbocycles. The largest absolute Gasteiger partial charge is 0.310 e. The van der Waals surface area contributed by atoms with E-state index in [2.05, 4.69) is 12.2 Å². The van der Waals surface area contributed by atoms with Crippen LogP contribution >= 0.6 is 0 Å². The summed E-state index contributed by atoms with van der Waals surface area (Å²) in [4.78, 5) is 0. The average molecular weight is 197 g/mol. The molecule has 1 nitrogen and oxygen atoms in total.